The number of aliphatic hydroxyl groups excluding tert-OH is 2. The van der Waals surface area contributed by atoms with Crippen LogP contribution in [0.2, 0.25) is 0 Å². The highest BCUT2D eigenvalue weighted by atomic mass is 16.6. The Balaban J connectivity index is 2.08. The number of hydrogen-bond acceptors (Lipinski definition) is 6. The van der Waals surface area contributed by atoms with Crippen LogP contribution in [0, 0.1) is 10.1 Å². The largest absolute Gasteiger partial charge is 0.508 e. The lowest BCUT2D eigenvalue weighted by Gasteiger charge is -2.22. The molecule has 0 saturated carbocycles. The summed E-state index contributed by atoms with van der Waals surface area (Å²) in [5, 5.41) is 33.4. The third-order valence-corrected chi connectivity index (χ3v) is 3.77. The second-order valence-electron chi connectivity index (χ2n) is 5.33. The fourth-order valence-corrected chi connectivity index (χ4v) is 2.57. The van der Waals surface area contributed by atoms with Gasteiger partial charge in [-0.15, -0.1) is 0 Å². The zero-order valence-electron chi connectivity index (χ0n) is 12.7. The number of amides is 1. The summed E-state index contributed by atoms with van der Waals surface area (Å²) in [6, 6.07) is 11.7. The molecule has 0 fully saturated rings. The predicted molar refractivity (Wildman–Crippen MR) is 88.1 cm³/mol. The van der Waals surface area contributed by atoms with E-state index in [0.29, 0.717) is 5.69 Å². The van der Waals surface area contributed by atoms with Gasteiger partial charge in [0.2, 0.25) is 0 Å². The van der Waals surface area contributed by atoms with Gasteiger partial charge < -0.3 is 15.5 Å². The average Bonchev–Trinajstić information content (AvgIpc) is 2.60. The minimum absolute atomic E-state index is 0.0202. The minimum Gasteiger partial charge on any atom is -0.508 e. The Morgan fingerprint density at radius 2 is 1.80 bits per heavy atom. The summed E-state index contributed by atoms with van der Waals surface area (Å²) >= 11 is 0. The molecule has 126 valence electrons. The van der Waals surface area contributed by atoms with Crippen LogP contribution >= 0.6 is 0 Å². The van der Waals surface area contributed by atoms with Gasteiger partial charge in [-0.3, -0.25) is 19.7 Å². The highest BCUT2D eigenvalue weighted by molar-refractivity contribution is 6.30. The maximum absolute atomic E-state index is 12.5. The standard InChI is InChI=1S/C17H12N2O6/c20-14-12-8-10(19(24)25)6-7-11(12)13(15(21)16(14)22)17(23)18-9-4-2-1-3-5-9/h1-8,16,21-22H,(H,18,23). The first-order valence-corrected chi connectivity index (χ1v) is 7.20. The topological polar surface area (TPSA) is 130 Å². The van der Waals surface area contributed by atoms with Gasteiger partial charge in [-0.2, -0.15) is 0 Å². The molecule has 3 rings (SSSR count). The zero-order valence-corrected chi connectivity index (χ0v) is 12.7. The van der Waals surface area contributed by atoms with Crippen LogP contribution in [0.1, 0.15) is 15.9 Å². The molecule has 1 aliphatic carbocycles. The Morgan fingerprint density at radius 1 is 1.12 bits per heavy atom. The van der Waals surface area contributed by atoms with Crippen LogP contribution in [0.25, 0.3) is 5.57 Å². The number of benzene rings is 2. The number of para-hydroxylation sites is 1. The second kappa shape index (κ2) is 6.17. The van der Waals surface area contributed by atoms with E-state index in [9.17, 15) is 29.9 Å². The molecule has 0 radical (unpaired) electrons. The number of anilines is 1. The van der Waals surface area contributed by atoms with Crippen LogP contribution in [-0.4, -0.2) is 32.9 Å². The van der Waals surface area contributed by atoms with Crippen molar-refractivity contribution in [2.45, 2.75) is 6.10 Å². The molecule has 2 aromatic carbocycles. The first kappa shape index (κ1) is 16.3. The average molecular weight is 340 g/mol. The van der Waals surface area contributed by atoms with E-state index in [-0.39, 0.29) is 22.4 Å². The molecule has 0 aromatic heterocycles. The molecule has 8 heteroatoms. The zero-order chi connectivity index (χ0) is 18.1. The van der Waals surface area contributed by atoms with E-state index < -0.39 is 28.5 Å². The van der Waals surface area contributed by atoms with Crippen molar-refractivity contribution in [2.24, 2.45) is 0 Å². The fourth-order valence-electron chi connectivity index (χ4n) is 2.57. The molecule has 2 aromatic rings. The number of Topliss-reactive ketones (excluding diaryl/α,β-unsaturated/α-hetero) is 1. The van der Waals surface area contributed by atoms with Crippen molar-refractivity contribution in [1.82, 2.24) is 0 Å². The van der Waals surface area contributed by atoms with E-state index in [4.69, 9.17) is 0 Å². The minimum atomic E-state index is -1.95. The summed E-state index contributed by atoms with van der Waals surface area (Å²) in [6.07, 6.45) is -1.95. The number of nitrogens with zero attached hydrogens (tertiary/aromatic N) is 1. The Labute approximate surface area is 141 Å². The molecule has 8 nitrogen and oxygen atoms in total. The van der Waals surface area contributed by atoms with Gasteiger partial charge in [0.1, 0.15) is 5.76 Å². The molecule has 0 saturated heterocycles. The van der Waals surface area contributed by atoms with Gasteiger partial charge in [0.05, 0.1) is 10.5 Å². The Bertz CT molecular complexity index is 920. The van der Waals surface area contributed by atoms with E-state index in [2.05, 4.69) is 5.32 Å². The van der Waals surface area contributed by atoms with Crippen molar-refractivity contribution in [1.29, 1.82) is 0 Å². The number of carbonyl (C=O) groups is 2. The normalized spacial score (nSPS) is 16.4. The highest BCUT2D eigenvalue weighted by Gasteiger charge is 2.37. The molecule has 25 heavy (non-hydrogen) atoms. The SMILES string of the molecule is O=C(Nc1ccccc1)C1=C(O)C(O)C(=O)c2cc([N+](=O)[O-])ccc21. The molecule has 1 aliphatic rings. The second-order valence-corrected chi connectivity index (χ2v) is 5.33. The van der Waals surface area contributed by atoms with Gasteiger partial charge in [0.25, 0.3) is 11.6 Å². The third kappa shape index (κ3) is 2.86. The van der Waals surface area contributed by atoms with Crippen molar-refractivity contribution in [3.05, 3.63) is 75.5 Å². The van der Waals surface area contributed by atoms with E-state index in [1.165, 1.54) is 6.07 Å². The fraction of sp³-hybridized carbons (Fsp3) is 0.0588. The first-order valence-electron chi connectivity index (χ1n) is 7.20. The molecule has 1 amide bonds. The molecular weight excluding hydrogens is 328 g/mol. The Kier molecular flexibility index (Phi) is 4.04. The number of non-ortho nitro benzene ring substituents is 1. The van der Waals surface area contributed by atoms with Crippen molar-refractivity contribution in [3.63, 3.8) is 0 Å². The van der Waals surface area contributed by atoms with Gasteiger partial charge >= 0.3 is 0 Å². The lowest BCUT2D eigenvalue weighted by Crippen LogP contribution is -2.32. The summed E-state index contributed by atoms with van der Waals surface area (Å²) in [6.45, 7) is 0. The van der Waals surface area contributed by atoms with Gasteiger partial charge in [-0.25, -0.2) is 0 Å². The van der Waals surface area contributed by atoms with Crippen molar-refractivity contribution in [2.75, 3.05) is 5.32 Å². The van der Waals surface area contributed by atoms with E-state index in [0.717, 1.165) is 12.1 Å². The van der Waals surface area contributed by atoms with Gasteiger partial charge in [-0.1, -0.05) is 18.2 Å². The van der Waals surface area contributed by atoms with Crippen LogP contribution in [0.5, 0.6) is 0 Å². The number of hydrogen-bond donors (Lipinski definition) is 3. The van der Waals surface area contributed by atoms with Crippen molar-refractivity contribution in [3.8, 4) is 0 Å². The molecule has 1 unspecified atom stereocenters. The van der Waals surface area contributed by atoms with Gasteiger partial charge in [0.15, 0.2) is 11.9 Å². The molecular formula is C17H12N2O6. The summed E-state index contributed by atoms with van der Waals surface area (Å²) in [5.74, 6) is -2.45. The highest BCUT2D eigenvalue weighted by Crippen LogP contribution is 2.33. The Morgan fingerprint density at radius 3 is 2.44 bits per heavy atom. The van der Waals surface area contributed by atoms with Crippen LogP contribution in [-0.2, 0) is 4.79 Å². The number of rotatable bonds is 3. The number of nitro groups is 1. The monoisotopic (exact) mass is 340 g/mol. The van der Waals surface area contributed by atoms with Gasteiger partial charge in [-0.05, 0) is 18.2 Å². The van der Waals surface area contributed by atoms with E-state index in [1.807, 2.05) is 0 Å². The first-order chi connectivity index (χ1) is 11.9. The quantitative estimate of drug-likeness (QED) is 0.579. The summed E-state index contributed by atoms with van der Waals surface area (Å²) in [4.78, 5) is 34.9. The predicted octanol–water partition coefficient (Wildman–Crippen LogP) is 2.06. The molecule has 0 bridgehead atoms. The smallest absolute Gasteiger partial charge is 0.270 e. The van der Waals surface area contributed by atoms with Crippen LogP contribution in [0.3, 0.4) is 0 Å². The molecule has 0 heterocycles. The van der Waals surface area contributed by atoms with Crippen molar-refractivity contribution >= 4 is 28.6 Å². The van der Waals surface area contributed by atoms with E-state index >= 15 is 0 Å². The summed E-state index contributed by atoms with van der Waals surface area (Å²) < 4.78 is 0. The number of nitrogens with one attached hydrogen (secondary N) is 1. The number of aliphatic hydroxyl groups is 2. The van der Waals surface area contributed by atoms with Crippen LogP contribution in [0.15, 0.2) is 54.3 Å². The lowest BCUT2D eigenvalue weighted by atomic mass is 9.86. The van der Waals surface area contributed by atoms with Crippen LogP contribution in [0.4, 0.5) is 11.4 Å². The number of nitro benzene ring substituents is 1. The maximum atomic E-state index is 12.5. The van der Waals surface area contributed by atoms with E-state index in [1.54, 1.807) is 30.3 Å². The maximum Gasteiger partial charge on any atom is 0.270 e. The van der Waals surface area contributed by atoms with Crippen LogP contribution < -0.4 is 5.32 Å². The third-order valence-electron chi connectivity index (χ3n) is 3.77. The summed E-state index contributed by atoms with van der Waals surface area (Å²) in [5.41, 5.74) is -0.392. The molecule has 3 N–H and O–H groups in total. The number of fused-ring (bicyclic) bond motifs is 1. The lowest BCUT2D eigenvalue weighted by molar-refractivity contribution is -0.384. The molecule has 1 atom stereocenters. The number of ketones is 1. The van der Waals surface area contributed by atoms with Gasteiger partial charge in [0, 0.05) is 28.9 Å². The molecule has 0 aliphatic heterocycles. The Hall–Kier alpha value is -3.52. The summed E-state index contributed by atoms with van der Waals surface area (Å²) in [7, 11) is 0. The van der Waals surface area contributed by atoms with Crippen molar-refractivity contribution < 1.29 is 24.7 Å². The number of carbonyl (C=O) groups excluding carboxylic acids is 2. The molecule has 0 spiro atoms.